The molecule has 0 bridgehead atoms. The first kappa shape index (κ1) is 13.9. The zero-order chi connectivity index (χ0) is 13.8. The van der Waals surface area contributed by atoms with Crippen LogP contribution >= 0.6 is 0 Å². The molecule has 2 N–H and O–H groups in total. The highest BCUT2D eigenvalue weighted by molar-refractivity contribution is 5.94. The maximum atomic E-state index is 12.5. The number of hydrogen-bond donors (Lipinski definition) is 1. The van der Waals surface area contributed by atoms with Crippen molar-refractivity contribution >= 4 is 11.6 Å². The Labute approximate surface area is 114 Å². The van der Waals surface area contributed by atoms with Crippen molar-refractivity contribution in [3.8, 4) is 0 Å². The first-order valence-corrected chi connectivity index (χ1v) is 6.88. The number of rotatable bonds is 4. The summed E-state index contributed by atoms with van der Waals surface area (Å²) in [5, 5.41) is 0. The number of carbonyl (C=O) groups excluding carboxylic acids is 1. The highest BCUT2D eigenvalue weighted by Gasteiger charge is 2.22. The Balaban J connectivity index is 2.08. The number of likely N-dealkylation sites (N-methyl/N-ethyl adjacent to an activating group) is 1. The molecule has 1 atom stereocenters. The van der Waals surface area contributed by atoms with Gasteiger partial charge in [0, 0.05) is 30.9 Å². The molecule has 0 saturated carbocycles. The van der Waals surface area contributed by atoms with E-state index in [1.807, 2.05) is 24.8 Å². The van der Waals surface area contributed by atoms with Crippen molar-refractivity contribution in [1.29, 1.82) is 0 Å². The van der Waals surface area contributed by atoms with Crippen LogP contribution in [0.1, 0.15) is 35.7 Å². The van der Waals surface area contributed by atoms with Crippen molar-refractivity contribution in [2.45, 2.75) is 32.8 Å². The van der Waals surface area contributed by atoms with Crippen LogP contribution in [-0.2, 0) is 4.74 Å². The van der Waals surface area contributed by atoms with E-state index < -0.39 is 0 Å². The van der Waals surface area contributed by atoms with Crippen molar-refractivity contribution < 1.29 is 9.53 Å². The Bertz CT molecular complexity index is 453. The molecule has 1 aromatic rings. The summed E-state index contributed by atoms with van der Waals surface area (Å²) in [6, 6.07) is 5.45. The Morgan fingerprint density at radius 1 is 1.53 bits per heavy atom. The van der Waals surface area contributed by atoms with Crippen molar-refractivity contribution in [1.82, 2.24) is 4.90 Å². The molecule has 1 heterocycles. The van der Waals surface area contributed by atoms with Gasteiger partial charge in [0.25, 0.3) is 5.91 Å². The summed E-state index contributed by atoms with van der Waals surface area (Å²) >= 11 is 0. The molecule has 4 heteroatoms. The fourth-order valence-electron chi connectivity index (χ4n) is 2.38. The van der Waals surface area contributed by atoms with Gasteiger partial charge in [-0.15, -0.1) is 0 Å². The van der Waals surface area contributed by atoms with Crippen LogP contribution in [-0.4, -0.2) is 36.6 Å². The quantitative estimate of drug-likeness (QED) is 0.846. The zero-order valence-corrected chi connectivity index (χ0v) is 11.7. The highest BCUT2D eigenvalue weighted by Crippen LogP contribution is 2.17. The molecule has 1 saturated heterocycles. The molecule has 0 radical (unpaired) electrons. The lowest BCUT2D eigenvalue weighted by molar-refractivity contribution is 0.0539. The monoisotopic (exact) mass is 262 g/mol. The number of aryl methyl sites for hydroxylation is 1. The van der Waals surface area contributed by atoms with Gasteiger partial charge in [-0.25, -0.2) is 0 Å². The number of carbonyl (C=O) groups is 1. The summed E-state index contributed by atoms with van der Waals surface area (Å²) in [6.07, 6.45) is 2.33. The van der Waals surface area contributed by atoms with Crippen LogP contribution in [0.4, 0.5) is 5.69 Å². The summed E-state index contributed by atoms with van der Waals surface area (Å²) in [7, 11) is 0. The topological polar surface area (TPSA) is 55.6 Å². The molecule has 1 aliphatic rings. The van der Waals surface area contributed by atoms with Crippen molar-refractivity contribution in [3.63, 3.8) is 0 Å². The number of nitrogen functional groups attached to an aromatic ring is 1. The molecule has 1 aliphatic heterocycles. The number of hydrogen-bond acceptors (Lipinski definition) is 3. The number of amides is 1. The number of benzene rings is 1. The first-order chi connectivity index (χ1) is 9.11. The molecule has 2 rings (SSSR count). The van der Waals surface area contributed by atoms with Gasteiger partial charge in [0.1, 0.15) is 0 Å². The van der Waals surface area contributed by atoms with E-state index in [0.29, 0.717) is 18.7 Å². The summed E-state index contributed by atoms with van der Waals surface area (Å²) < 4.78 is 5.60. The van der Waals surface area contributed by atoms with Gasteiger partial charge >= 0.3 is 0 Å². The van der Waals surface area contributed by atoms with Crippen LogP contribution in [0.25, 0.3) is 0 Å². The molecule has 104 valence electrons. The molecule has 0 spiro atoms. The Morgan fingerprint density at radius 3 is 2.89 bits per heavy atom. The van der Waals surface area contributed by atoms with Crippen molar-refractivity contribution in [3.05, 3.63) is 29.3 Å². The lowest BCUT2D eigenvalue weighted by atomic mass is 10.1. The standard InChI is InChI=1S/C15H22N2O2/c1-3-17(10-13-5-4-8-19-13)15(18)12-6-7-14(16)11(2)9-12/h6-7,9,13H,3-5,8,10,16H2,1-2H3. The minimum absolute atomic E-state index is 0.0566. The molecule has 1 unspecified atom stereocenters. The Hall–Kier alpha value is -1.55. The third-order valence-corrected chi connectivity index (χ3v) is 3.63. The lowest BCUT2D eigenvalue weighted by Crippen LogP contribution is -2.37. The number of nitrogens with two attached hydrogens (primary N) is 1. The SMILES string of the molecule is CCN(CC1CCCO1)C(=O)c1ccc(N)c(C)c1. The Kier molecular flexibility index (Phi) is 4.43. The normalized spacial score (nSPS) is 18.5. The maximum Gasteiger partial charge on any atom is 0.253 e. The third kappa shape index (κ3) is 3.26. The second-order valence-corrected chi connectivity index (χ2v) is 5.05. The van der Waals surface area contributed by atoms with E-state index in [9.17, 15) is 4.79 Å². The van der Waals surface area contributed by atoms with Crippen LogP contribution in [0.3, 0.4) is 0 Å². The predicted molar refractivity (Wildman–Crippen MR) is 76.1 cm³/mol. The van der Waals surface area contributed by atoms with Crippen LogP contribution in [0, 0.1) is 6.92 Å². The minimum atomic E-state index is 0.0566. The zero-order valence-electron chi connectivity index (χ0n) is 11.7. The third-order valence-electron chi connectivity index (χ3n) is 3.63. The van der Waals surface area contributed by atoms with Crippen LogP contribution in [0.5, 0.6) is 0 Å². The smallest absolute Gasteiger partial charge is 0.253 e. The molecule has 1 aromatic carbocycles. The van der Waals surface area contributed by atoms with E-state index >= 15 is 0 Å². The average Bonchev–Trinajstić information content (AvgIpc) is 2.91. The number of anilines is 1. The molecular formula is C15H22N2O2. The number of ether oxygens (including phenoxy) is 1. The predicted octanol–water partition coefficient (Wildman–Crippen LogP) is 2.22. The van der Waals surface area contributed by atoms with E-state index in [1.54, 1.807) is 12.1 Å². The molecule has 4 nitrogen and oxygen atoms in total. The second-order valence-electron chi connectivity index (χ2n) is 5.05. The molecular weight excluding hydrogens is 240 g/mol. The molecule has 0 aromatic heterocycles. The molecule has 0 aliphatic carbocycles. The summed E-state index contributed by atoms with van der Waals surface area (Å²) in [5.74, 6) is 0.0566. The van der Waals surface area contributed by atoms with Gasteiger partial charge in [-0.1, -0.05) is 0 Å². The van der Waals surface area contributed by atoms with Crippen molar-refractivity contribution in [2.75, 3.05) is 25.4 Å². The Morgan fingerprint density at radius 2 is 2.32 bits per heavy atom. The van der Waals surface area contributed by atoms with Gasteiger partial charge in [0.05, 0.1) is 6.10 Å². The van der Waals surface area contributed by atoms with Crippen molar-refractivity contribution in [2.24, 2.45) is 0 Å². The van der Waals surface area contributed by atoms with E-state index in [0.717, 1.165) is 30.7 Å². The van der Waals surface area contributed by atoms with Gasteiger partial charge < -0.3 is 15.4 Å². The fourth-order valence-corrected chi connectivity index (χ4v) is 2.38. The van der Waals surface area contributed by atoms with E-state index in [1.165, 1.54) is 0 Å². The van der Waals surface area contributed by atoms with Gasteiger partial charge in [-0.05, 0) is 50.5 Å². The first-order valence-electron chi connectivity index (χ1n) is 6.88. The molecule has 1 amide bonds. The fraction of sp³-hybridized carbons (Fsp3) is 0.533. The van der Waals surface area contributed by atoms with Gasteiger partial charge in [-0.2, -0.15) is 0 Å². The number of nitrogens with zero attached hydrogens (tertiary/aromatic N) is 1. The van der Waals surface area contributed by atoms with E-state index in [-0.39, 0.29) is 12.0 Å². The van der Waals surface area contributed by atoms with Gasteiger partial charge in [0.2, 0.25) is 0 Å². The summed E-state index contributed by atoms with van der Waals surface area (Å²) in [6.45, 7) is 6.11. The molecule has 19 heavy (non-hydrogen) atoms. The van der Waals surface area contributed by atoms with E-state index in [4.69, 9.17) is 10.5 Å². The van der Waals surface area contributed by atoms with Crippen LogP contribution in [0.2, 0.25) is 0 Å². The van der Waals surface area contributed by atoms with Crippen LogP contribution in [0.15, 0.2) is 18.2 Å². The second kappa shape index (κ2) is 6.06. The highest BCUT2D eigenvalue weighted by atomic mass is 16.5. The summed E-state index contributed by atoms with van der Waals surface area (Å²) in [5.41, 5.74) is 8.15. The van der Waals surface area contributed by atoms with Gasteiger partial charge in [0.15, 0.2) is 0 Å². The summed E-state index contributed by atoms with van der Waals surface area (Å²) in [4.78, 5) is 14.3. The van der Waals surface area contributed by atoms with E-state index in [2.05, 4.69) is 0 Å². The lowest BCUT2D eigenvalue weighted by Gasteiger charge is -2.24. The largest absolute Gasteiger partial charge is 0.399 e. The maximum absolute atomic E-state index is 12.5. The van der Waals surface area contributed by atoms with Gasteiger partial charge in [-0.3, -0.25) is 4.79 Å². The minimum Gasteiger partial charge on any atom is -0.399 e. The molecule has 1 fully saturated rings. The van der Waals surface area contributed by atoms with Crippen LogP contribution < -0.4 is 5.73 Å². The average molecular weight is 262 g/mol.